The monoisotopic (exact) mass is 645 g/mol. The number of hydrogen-bond donors (Lipinski definition) is 3. The van der Waals surface area contributed by atoms with Crippen LogP contribution in [0.3, 0.4) is 0 Å². The smallest absolute Gasteiger partial charge is 0.256 e. The summed E-state index contributed by atoms with van der Waals surface area (Å²) < 4.78 is 1.55. The summed E-state index contributed by atoms with van der Waals surface area (Å²) in [5, 5.41) is 9.08. The second kappa shape index (κ2) is 14.2. The Hall–Kier alpha value is -5.28. The Bertz CT molecular complexity index is 1930. The lowest BCUT2D eigenvalue weighted by Gasteiger charge is -2.28. The van der Waals surface area contributed by atoms with Gasteiger partial charge in [-0.2, -0.15) is 0 Å². The third kappa shape index (κ3) is 7.64. The fourth-order valence-corrected chi connectivity index (χ4v) is 5.89. The molecule has 248 valence electrons. The summed E-state index contributed by atoms with van der Waals surface area (Å²) in [6, 6.07) is 20.5. The Kier molecular flexibility index (Phi) is 10.1. The summed E-state index contributed by atoms with van der Waals surface area (Å²) in [5.74, 6) is -0.788. The van der Waals surface area contributed by atoms with Crippen LogP contribution in [-0.2, 0) is 23.7 Å². The Balaban J connectivity index is 1.43. The molecule has 3 aromatic carbocycles. The Morgan fingerprint density at radius 3 is 2.31 bits per heavy atom. The van der Waals surface area contributed by atoms with E-state index in [4.69, 9.17) is 0 Å². The molecule has 5 rings (SSSR count). The predicted octanol–water partition coefficient (Wildman–Crippen LogP) is 5.67. The summed E-state index contributed by atoms with van der Waals surface area (Å²) in [4.78, 5) is 54.0. The van der Waals surface area contributed by atoms with Crippen LogP contribution in [-0.4, -0.2) is 53.4 Å². The van der Waals surface area contributed by atoms with Gasteiger partial charge in [-0.05, 0) is 82.6 Å². The molecule has 9 heteroatoms. The van der Waals surface area contributed by atoms with Crippen molar-refractivity contribution in [1.29, 1.82) is 0 Å². The zero-order chi connectivity index (χ0) is 34.6. The highest BCUT2D eigenvalue weighted by Crippen LogP contribution is 2.30. The maximum atomic E-state index is 13.4. The van der Waals surface area contributed by atoms with E-state index in [0.717, 1.165) is 33.9 Å². The van der Waals surface area contributed by atoms with Gasteiger partial charge in [0.05, 0.1) is 11.3 Å². The van der Waals surface area contributed by atoms with Crippen molar-refractivity contribution in [3.05, 3.63) is 129 Å². The van der Waals surface area contributed by atoms with Gasteiger partial charge in [0.15, 0.2) is 0 Å². The van der Waals surface area contributed by atoms with Crippen LogP contribution in [0, 0.1) is 6.92 Å². The lowest BCUT2D eigenvalue weighted by Crippen LogP contribution is -2.46. The maximum Gasteiger partial charge on any atom is 0.256 e. The SMILES string of the molecule is C=CC(=O)Nc1cc(Cc2cc(-c3cccc(NC(=O)c4ccc(C(C)(C)C)cc4)c3C)cn(C)c2=O)ccc1C(=O)N1CCNCC1. The highest BCUT2D eigenvalue weighted by atomic mass is 16.2. The van der Waals surface area contributed by atoms with E-state index in [1.807, 2.05) is 61.5 Å². The van der Waals surface area contributed by atoms with Gasteiger partial charge >= 0.3 is 0 Å². The van der Waals surface area contributed by atoms with Crippen LogP contribution in [0.5, 0.6) is 0 Å². The van der Waals surface area contributed by atoms with Crippen LogP contribution in [0.1, 0.15) is 63.7 Å². The minimum Gasteiger partial charge on any atom is -0.336 e. The standard InChI is InChI=1S/C39H43N5O4/c1-7-35(45)41-34-22-26(11-16-32(34)38(48)44-19-17-40-18-20-44)21-28-23-29(24-43(6)37(28)47)31-9-8-10-33(25(31)2)42-36(46)27-12-14-30(15-13-27)39(3,4)5/h7-16,22-24,40H,1,17-21H2,2-6H3,(H,41,45)(H,42,46). The summed E-state index contributed by atoms with van der Waals surface area (Å²) in [6.45, 7) is 14.5. The number of amides is 3. The highest BCUT2D eigenvalue weighted by Gasteiger charge is 2.22. The molecule has 2 heterocycles. The largest absolute Gasteiger partial charge is 0.336 e. The van der Waals surface area contributed by atoms with Crippen LogP contribution in [0.4, 0.5) is 11.4 Å². The second-order valence-corrected chi connectivity index (χ2v) is 13.2. The molecule has 0 atom stereocenters. The van der Waals surface area contributed by atoms with Crippen molar-refractivity contribution in [2.45, 2.75) is 39.5 Å². The molecule has 0 saturated carbocycles. The van der Waals surface area contributed by atoms with Crippen LogP contribution in [0.15, 0.2) is 90.4 Å². The topological polar surface area (TPSA) is 113 Å². The number of benzene rings is 3. The number of nitrogens with zero attached hydrogens (tertiary/aromatic N) is 2. The Morgan fingerprint density at radius 2 is 1.65 bits per heavy atom. The van der Waals surface area contributed by atoms with Crippen molar-refractivity contribution in [2.75, 3.05) is 36.8 Å². The van der Waals surface area contributed by atoms with Crippen molar-refractivity contribution < 1.29 is 14.4 Å². The van der Waals surface area contributed by atoms with Gasteiger partial charge in [0.2, 0.25) is 5.91 Å². The minimum atomic E-state index is -0.427. The number of piperazine rings is 1. The molecule has 1 aliphatic heterocycles. The van der Waals surface area contributed by atoms with Crippen LogP contribution in [0.2, 0.25) is 0 Å². The summed E-state index contributed by atoms with van der Waals surface area (Å²) in [6.07, 6.45) is 3.22. The first-order valence-corrected chi connectivity index (χ1v) is 16.1. The molecule has 1 saturated heterocycles. The van der Waals surface area contributed by atoms with Crippen molar-refractivity contribution in [3.8, 4) is 11.1 Å². The molecule has 3 N–H and O–H groups in total. The first-order chi connectivity index (χ1) is 22.8. The van der Waals surface area contributed by atoms with E-state index in [9.17, 15) is 19.2 Å². The average Bonchev–Trinajstić information content (AvgIpc) is 3.07. The number of carbonyl (C=O) groups excluding carboxylic acids is 3. The Morgan fingerprint density at radius 1 is 0.938 bits per heavy atom. The third-order valence-electron chi connectivity index (χ3n) is 8.72. The van der Waals surface area contributed by atoms with E-state index in [2.05, 4.69) is 43.3 Å². The zero-order valence-electron chi connectivity index (χ0n) is 28.3. The number of pyridine rings is 1. The van der Waals surface area contributed by atoms with E-state index in [1.165, 1.54) is 0 Å². The van der Waals surface area contributed by atoms with Gasteiger partial charge in [-0.15, -0.1) is 0 Å². The number of carbonyl (C=O) groups is 3. The lowest BCUT2D eigenvalue weighted by molar-refractivity contribution is -0.111. The van der Waals surface area contributed by atoms with Crippen molar-refractivity contribution in [3.63, 3.8) is 0 Å². The highest BCUT2D eigenvalue weighted by molar-refractivity contribution is 6.07. The number of nitrogens with one attached hydrogen (secondary N) is 3. The molecule has 0 radical (unpaired) electrons. The van der Waals surface area contributed by atoms with E-state index in [0.29, 0.717) is 54.2 Å². The Labute approximate surface area is 281 Å². The molecule has 1 aliphatic rings. The van der Waals surface area contributed by atoms with Crippen molar-refractivity contribution >= 4 is 29.1 Å². The molecule has 1 aromatic heterocycles. The van der Waals surface area contributed by atoms with Gasteiger partial charge in [-0.25, -0.2) is 0 Å². The molecule has 0 unspecified atom stereocenters. The molecule has 3 amide bonds. The van der Waals surface area contributed by atoms with Gasteiger partial charge in [-0.3, -0.25) is 19.2 Å². The third-order valence-corrected chi connectivity index (χ3v) is 8.72. The van der Waals surface area contributed by atoms with E-state index in [1.54, 1.807) is 34.8 Å². The summed E-state index contributed by atoms with van der Waals surface area (Å²) in [5.41, 5.74) is 6.88. The zero-order valence-corrected chi connectivity index (χ0v) is 28.3. The predicted molar refractivity (Wildman–Crippen MR) is 192 cm³/mol. The molecule has 0 aliphatic carbocycles. The number of aryl methyl sites for hydroxylation is 1. The molecule has 0 bridgehead atoms. The van der Waals surface area contributed by atoms with Crippen LogP contribution < -0.4 is 21.5 Å². The molecule has 4 aromatic rings. The average molecular weight is 646 g/mol. The fraction of sp³-hybridized carbons (Fsp3) is 0.282. The van der Waals surface area contributed by atoms with Crippen molar-refractivity contribution in [2.24, 2.45) is 7.05 Å². The number of rotatable bonds is 8. The molecular formula is C39H43N5O4. The number of aromatic nitrogens is 1. The summed E-state index contributed by atoms with van der Waals surface area (Å²) >= 11 is 0. The number of anilines is 2. The molecule has 48 heavy (non-hydrogen) atoms. The van der Waals surface area contributed by atoms with E-state index in [-0.39, 0.29) is 29.2 Å². The van der Waals surface area contributed by atoms with Gasteiger partial charge < -0.3 is 25.4 Å². The molecule has 0 spiro atoms. The van der Waals surface area contributed by atoms with Gasteiger partial charge in [-0.1, -0.05) is 57.7 Å². The van der Waals surface area contributed by atoms with Crippen molar-refractivity contribution in [1.82, 2.24) is 14.8 Å². The first kappa shape index (κ1) is 34.1. The van der Waals surface area contributed by atoms with Gasteiger partial charge in [0.25, 0.3) is 17.4 Å². The second-order valence-electron chi connectivity index (χ2n) is 13.2. The van der Waals surface area contributed by atoms with E-state index < -0.39 is 5.91 Å². The quantitative estimate of drug-likeness (QED) is 0.214. The first-order valence-electron chi connectivity index (χ1n) is 16.1. The maximum absolute atomic E-state index is 13.4. The van der Waals surface area contributed by atoms with E-state index >= 15 is 0 Å². The molecule has 9 nitrogen and oxygen atoms in total. The molecule has 1 fully saturated rings. The van der Waals surface area contributed by atoms with Gasteiger partial charge in [0, 0.05) is 62.7 Å². The fourth-order valence-electron chi connectivity index (χ4n) is 5.89. The van der Waals surface area contributed by atoms with Crippen LogP contribution >= 0.6 is 0 Å². The van der Waals surface area contributed by atoms with Gasteiger partial charge in [0.1, 0.15) is 0 Å². The summed E-state index contributed by atoms with van der Waals surface area (Å²) in [7, 11) is 1.71. The number of hydrogen-bond acceptors (Lipinski definition) is 5. The normalized spacial score (nSPS) is 13.1. The lowest BCUT2D eigenvalue weighted by atomic mass is 9.86. The molecular weight excluding hydrogens is 602 g/mol. The minimum absolute atomic E-state index is 0.00821. The van der Waals surface area contributed by atoms with Crippen LogP contribution in [0.25, 0.3) is 11.1 Å².